The number of carbonyl (C=O) groups is 2. The predicted molar refractivity (Wildman–Crippen MR) is 137 cm³/mol. The van der Waals surface area contributed by atoms with Gasteiger partial charge in [0.15, 0.2) is 5.12 Å². The van der Waals surface area contributed by atoms with E-state index in [0.717, 1.165) is 34.5 Å². The molecule has 33 heavy (non-hydrogen) atoms. The average Bonchev–Trinajstić information content (AvgIpc) is 2.93. The summed E-state index contributed by atoms with van der Waals surface area (Å²) in [5, 5.41) is 0.0123. The normalized spacial score (nSPS) is 16.0. The molecule has 0 aromatic heterocycles. The van der Waals surface area contributed by atoms with Crippen LogP contribution in [0.3, 0.4) is 0 Å². The third-order valence-corrected chi connectivity index (χ3v) is 7.41. The molecule has 2 N–H and O–H groups in total. The summed E-state index contributed by atoms with van der Waals surface area (Å²) in [6.07, 6.45) is 1.68. The lowest BCUT2D eigenvalue weighted by Gasteiger charge is -2.23. The van der Waals surface area contributed by atoms with Crippen molar-refractivity contribution in [1.29, 1.82) is 0 Å². The minimum Gasteiger partial charge on any atom is -0.351 e. The number of nitrogens with zero attached hydrogens (tertiary/aromatic N) is 1. The van der Waals surface area contributed by atoms with Gasteiger partial charge in [-0.15, -0.1) is 0 Å². The summed E-state index contributed by atoms with van der Waals surface area (Å²) in [5.41, 5.74) is 11.6. The Morgan fingerprint density at radius 2 is 1.58 bits per heavy atom. The van der Waals surface area contributed by atoms with E-state index in [1.54, 1.807) is 4.90 Å². The number of anilines is 2. The number of hydrogen-bond donors (Lipinski definition) is 1. The van der Waals surface area contributed by atoms with Crippen molar-refractivity contribution in [2.45, 2.75) is 44.8 Å². The number of rotatable bonds is 5. The maximum Gasteiger partial charge on any atom is 0.323 e. The van der Waals surface area contributed by atoms with Crippen LogP contribution in [-0.4, -0.2) is 11.1 Å². The Morgan fingerprint density at radius 3 is 2.24 bits per heavy atom. The fourth-order valence-corrected chi connectivity index (χ4v) is 5.65. The maximum atomic E-state index is 13.4. The van der Waals surface area contributed by atoms with Gasteiger partial charge in [0.05, 0.1) is 17.3 Å². The highest BCUT2D eigenvalue weighted by atomic mass is 32.2. The zero-order valence-electron chi connectivity index (χ0n) is 19.3. The molecule has 2 unspecified atom stereocenters. The molecule has 4 nitrogen and oxygen atoms in total. The molecule has 4 rings (SSSR count). The average molecular weight is 459 g/mol. The first-order chi connectivity index (χ1) is 15.8. The second-order valence-electron chi connectivity index (χ2n) is 9.05. The molecule has 0 spiro atoms. The molecule has 0 fully saturated rings. The smallest absolute Gasteiger partial charge is 0.323 e. The summed E-state index contributed by atoms with van der Waals surface area (Å²) in [7, 11) is 0. The molecule has 1 heterocycles. The standard InChI is InChI=1S/C28H30N2O2S/c1-18(2)16-20-12-14-21(15-13-20)19(3)27(31)33-26-17-22-8-4-6-10-24(22)30(28(29)32)25-11-7-5-9-23(25)26/h4-15,18-19,26H,16-17H2,1-3H3,(H2,29,32). The van der Waals surface area contributed by atoms with E-state index in [4.69, 9.17) is 5.73 Å². The van der Waals surface area contributed by atoms with Gasteiger partial charge in [-0.25, -0.2) is 4.79 Å². The van der Waals surface area contributed by atoms with E-state index in [1.165, 1.54) is 17.3 Å². The van der Waals surface area contributed by atoms with Crippen LogP contribution in [0, 0.1) is 5.92 Å². The van der Waals surface area contributed by atoms with Gasteiger partial charge in [-0.05, 0) is 53.1 Å². The Bertz CT molecular complexity index is 1160. The second-order valence-corrected chi connectivity index (χ2v) is 10.3. The van der Waals surface area contributed by atoms with Crippen molar-refractivity contribution < 1.29 is 9.59 Å². The summed E-state index contributed by atoms with van der Waals surface area (Å²) in [6.45, 7) is 6.39. The van der Waals surface area contributed by atoms with Gasteiger partial charge in [0, 0.05) is 5.25 Å². The second kappa shape index (κ2) is 9.84. The molecule has 0 radical (unpaired) electrons. The van der Waals surface area contributed by atoms with E-state index in [0.29, 0.717) is 12.3 Å². The number of benzene rings is 3. The molecule has 2 atom stereocenters. The number of nitrogens with two attached hydrogens (primary N) is 1. The fourth-order valence-electron chi connectivity index (χ4n) is 4.44. The molecule has 5 heteroatoms. The lowest BCUT2D eigenvalue weighted by atomic mass is 9.97. The lowest BCUT2D eigenvalue weighted by Crippen LogP contribution is -2.32. The minimum atomic E-state index is -0.526. The van der Waals surface area contributed by atoms with Crippen molar-refractivity contribution in [3.05, 3.63) is 95.1 Å². The molecule has 0 aliphatic carbocycles. The third-order valence-electron chi connectivity index (χ3n) is 6.12. The number of para-hydroxylation sites is 2. The van der Waals surface area contributed by atoms with Crippen LogP contribution in [0.15, 0.2) is 72.8 Å². The summed E-state index contributed by atoms with van der Waals surface area (Å²) in [6, 6.07) is 23.4. The van der Waals surface area contributed by atoms with Gasteiger partial charge in [-0.3, -0.25) is 9.69 Å². The van der Waals surface area contributed by atoms with Crippen LogP contribution in [-0.2, 0) is 17.6 Å². The lowest BCUT2D eigenvalue weighted by molar-refractivity contribution is -0.112. The first-order valence-electron chi connectivity index (χ1n) is 11.4. The minimum absolute atomic E-state index is 0.109. The van der Waals surface area contributed by atoms with Gasteiger partial charge in [0.1, 0.15) is 0 Å². The number of amides is 2. The van der Waals surface area contributed by atoms with Crippen LogP contribution in [0.1, 0.15) is 54.2 Å². The summed E-state index contributed by atoms with van der Waals surface area (Å²) in [5.74, 6) is 0.379. The van der Waals surface area contributed by atoms with Crippen molar-refractivity contribution in [2.24, 2.45) is 11.7 Å². The molecular formula is C28H30N2O2S. The predicted octanol–water partition coefficient (Wildman–Crippen LogP) is 6.76. The largest absolute Gasteiger partial charge is 0.351 e. The molecular weight excluding hydrogens is 428 g/mol. The van der Waals surface area contributed by atoms with Crippen LogP contribution in [0.25, 0.3) is 0 Å². The van der Waals surface area contributed by atoms with Crippen molar-refractivity contribution in [2.75, 3.05) is 4.90 Å². The number of hydrogen-bond acceptors (Lipinski definition) is 3. The molecule has 0 saturated carbocycles. The third kappa shape index (κ3) is 4.98. The van der Waals surface area contributed by atoms with Gasteiger partial charge >= 0.3 is 6.03 Å². The van der Waals surface area contributed by atoms with E-state index in [1.807, 2.05) is 55.5 Å². The van der Waals surface area contributed by atoms with Crippen LogP contribution in [0.5, 0.6) is 0 Å². The van der Waals surface area contributed by atoms with Crippen molar-refractivity contribution >= 4 is 34.3 Å². The Balaban J connectivity index is 1.62. The fraction of sp³-hybridized carbons (Fsp3) is 0.286. The topological polar surface area (TPSA) is 63.4 Å². The monoisotopic (exact) mass is 458 g/mol. The van der Waals surface area contributed by atoms with Crippen molar-refractivity contribution in [3.8, 4) is 0 Å². The number of primary amides is 1. The highest BCUT2D eigenvalue weighted by Gasteiger charge is 2.31. The van der Waals surface area contributed by atoms with Gasteiger partial charge in [0.25, 0.3) is 0 Å². The molecule has 2 amide bonds. The molecule has 3 aromatic carbocycles. The number of thioether (sulfide) groups is 1. The zero-order chi connectivity index (χ0) is 23.5. The quantitative estimate of drug-likeness (QED) is 0.459. The van der Waals surface area contributed by atoms with Crippen molar-refractivity contribution in [3.63, 3.8) is 0 Å². The summed E-state index contributed by atoms with van der Waals surface area (Å²) in [4.78, 5) is 27.4. The number of fused-ring (bicyclic) bond motifs is 2. The first-order valence-corrected chi connectivity index (χ1v) is 12.3. The molecule has 3 aromatic rings. The summed E-state index contributed by atoms with van der Waals surface area (Å²) < 4.78 is 0. The van der Waals surface area contributed by atoms with Gasteiger partial charge < -0.3 is 5.73 Å². The Kier molecular flexibility index (Phi) is 6.89. The number of urea groups is 1. The van der Waals surface area contributed by atoms with Crippen LogP contribution in [0.4, 0.5) is 16.2 Å². The van der Waals surface area contributed by atoms with E-state index < -0.39 is 6.03 Å². The number of carbonyl (C=O) groups excluding carboxylic acids is 2. The van der Waals surface area contributed by atoms with Crippen LogP contribution < -0.4 is 10.6 Å². The van der Waals surface area contributed by atoms with Crippen molar-refractivity contribution in [1.82, 2.24) is 0 Å². The first kappa shape index (κ1) is 23.1. The maximum absolute atomic E-state index is 13.4. The summed E-state index contributed by atoms with van der Waals surface area (Å²) >= 11 is 1.35. The zero-order valence-corrected chi connectivity index (χ0v) is 20.1. The molecule has 170 valence electrons. The Morgan fingerprint density at radius 1 is 0.939 bits per heavy atom. The van der Waals surface area contributed by atoms with E-state index in [2.05, 4.69) is 38.1 Å². The molecule has 1 aliphatic heterocycles. The highest BCUT2D eigenvalue weighted by Crippen LogP contribution is 2.46. The Labute approximate surface area is 200 Å². The molecule has 0 bridgehead atoms. The van der Waals surface area contributed by atoms with Crippen LogP contribution >= 0.6 is 11.8 Å². The van der Waals surface area contributed by atoms with Gasteiger partial charge in [0.2, 0.25) is 0 Å². The van der Waals surface area contributed by atoms with E-state index in [-0.39, 0.29) is 16.3 Å². The van der Waals surface area contributed by atoms with Gasteiger partial charge in [-0.1, -0.05) is 93.2 Å². The van der Waals surface area contributed by atoms with Crippen LogP contribution in [0.2, 0.25) is 0 Å². The van der Waals surface area contributed by atoms with E-state index in [9.17, 15) is 9.59 Å². The Hall–Kier alpha value is -3.05. The molecule has 1 aliphatic rings. The molecule has 0 saturated heterocycles. The van der Waals surface area contributed by atoms with Gasteiger partial charge in [-0.2, -0.15) is 0 Å². The highest BCUT2D eigenvalue weighted by molar-refractivity contribution is 8.13. The SMILES string of the molecule is CC(C)Cc1ccc(C(C)C(=O)SC2Cc3ccccc3N(C(N)=O)c3ccccc32)cc1. The van der Waals surface area contributed by atoms with E-state index >= 15 is 0 Å².